The lowest BCUT2D eigenvalue weighted by atomic mass is 10.2. The van der Waals surface area contributed by atoms with Crippen LogP contribution >= 0.6 is 0 Å². The number of hydrogen-bond acceptors (Lipinski definition) is 7. The summed E-state index contributed by atoms with van der Waals surface area (Å²) in [6, 6.07) is 3.17. The SMILES string of the molecule is CN1CCN(c2c(F)cc(S(=O)(=O)n3ccc4c(-c5ncc(F)cn5)cncc43)cc2F)CC1. The van der Waals surface area contributed by atoms with Crippen molar-refractivity contribution in [2.75, 3.05) is 38.1 Å². The molecule has 176 valence electrons. The zero-order valence-electron chi connectivity index (χ0n) is 18.0. The maximum atomic E-state index is 15.0. The Hall–Kier alpha value is -3.51. The number of hydrogen-bond donors (Lipinski definition) is 0. The number of fused-ring (bicyclic) bond motifs is 1. The standard InChI is InChI=1S/C22H19F3N6O2S/c1-29-4-6-30(7-5-29)21-18(24)8-15(9-19(21)25)34(32,33)31-3-2-16-17(12-26-13-20(16)31)22-27-10-14(23)11-28-22/h2-3,8-13H,4-7H2,1H3. The van der Waals surface area contributed by atoms with Gasteiger partial charge >= 0.3 is 0 Å². The molecule has 0 aliphatic carbocycles. The minimum Gasteiger partial charge on any atom is -0.364 e. The summed E-state index contributed by atoms with van der Waals surface area (Å²) in [5, 5.41) is 0.431. The van der Waals surface area contributed by atoms with Crippen molar-refractivity contribution in [3.63, 3.8) is 0 Å². The lowest BCUT2D eigenvalue weighted by molar-refractivity contribution is 0.310. The summed E-state index contributed by atoms with van der Waals surface area (Å²) in [6.07, 6.45) is 5.98. The molecule has 0 bridgehead atoms. The van der Waals surface area contributed by atoms with Gasteiger partial charge in [0.05, 0.1) is 29.0 Å². The third-order valence-corrected chi connectivity index (χ3v) is 7.48. The van der Waals surface area contributed by atoms with Crippen molar-refractivity contribution in [1.29, 1.82) is 0 Å². The Morgan fingerprint density at radius 3 is 2.21 bits per heavy atom. The smallest absolute Gasteiger partial charge is 0.268 e. The zero-order chi connectivity index (χ0) is 24.0. The average molecular weight is 488 g/mol. The van der Waals surface area contributed by atoms with E-state index in [0.717, 1.165) is 28.5 Å². The molecule has 1 aliphatic rings. The minimum atomic E-state index is -4.36. The van der Waals surface area contributed by atoms with E-state index in [2.05, 4.69) is 15.0 Å². The number of halogens is 3. The van der Waals surface area contributed by atoms with Gasteiger partial charge in [0, 0.05) is 49.5 Å². The normalized spacial score (nSPS) is 15.2. The first kappa shape index (κ1) is 22.3. The van der Waals surface area contributed by atoms with Gasteiger partial charge in [-0.25, -0.2) is 35.5 Å². The zero-order valence-corrected chi connectivity index (χ0v) is 18.8. The fourth-order valence-electron chi connectivity index (χ4n) is 4.01. The topological polar surface area (TPSA) is 84.2 Å². The molecule has 0 saturated carbocycles. The molecule has 0 unspecified atom stereocenters. The maximum Gasteiger partial charge on any atom is 0.268 e. The number of piperazine rings is 1. The van der Waals surface area contributed by atoms with Crippen LogP contribution in [0.15, 0.2) is 54.1 Å². The van der Waals surface area contributed by atoms with E-state index in [1.165, 1.54) is 24.7 Å². The minimum absolute atomic E-state index is 0.156. The molecule has 4 aromatic rings. The van der Waals surface area contributed by atoms with Gasteiger partial charge in [0.15, 0.2) is 23.3 Å². The van der Waals surface area contributed by atoms with Gasteiger partial charge in [0.25, 0.3) is 10.0 Å². The molecule has 8 nitrogen and oxygen atoms in total. The van der Waals surface area contributed by atoms with Crippen LogP contribution in [-0.4, -0.2) is 65.5 Å². The van der Waals surface area contributed by atoms with Crippen LogP contribution in [0, 0.1) is 17.5 Å². The molecule has 0 radical (unpaired) electrons. The van der Waals surface area contributed by atoms with Crippen LogP contribution in [0.1, 0.15) is 0 Å². The third kappa shape index (κ3) is 3.78. The van der Waals surface area contributed by atoms with Gasteiger partial charge in [-0.1, -0.05) is 0 Å². The van der Waals surface area contributed by atoms with E-state index < -0.39 is 32.4 Å². The van der Waals surface area contributed by atoms with Crippen LogP contribution in [-0.2, 0) is 10.0 Å². The Morgan fingerprint density at radius 2 is 1.56 bits per heavy atom. The first-order valence-corrected chi connectivity index (χ1v) is 11.8. The van der Waals surface area contributed by atoms with E-state index in [0.29, 0.717) is 37.1 Å². The van der Waals surface area contributed by atoms with Crippen molar-refractivity contribution < 1.29 is 21.6 Å². The molecule has 3 aromatic heterocycles. The predicted molar refractivity (Wildman–Crippen MR) is 119 cm³/mol. The molecule has 34 heavy (non-hydrogen) atoms. The molecule has 1 aromatic carbocycles. The highest BCUT2D eigenvalue weighted by molar-refractivity contribution is 7.90. The summed E-state index contributed by atoms with van der Waals surface area (Å²) >= 11 is 0. The molecule has 5 rings (SSSR count). The number of pyridine rings is 1. The van der Waals surface area contributed by atoms with Gasteiger partial charge in [-0.15, -0.1) is 0 Å². The second kappa shape index (κ2) is 8.37. The van der Waals surface area contributed by atoms with Crippen LogP contribution in [0.3, 0.4) is 0 Å². The van der Waals surface area contributed by atoms with Gasteiger partial charge in [0.2, 0.25) is 0 Å². The number of benzene rings is 1. The van der Waals surface area contributed by atoms with Gasteiger partial charge in [0.1, 0.15) is 5.69 Å². The van der Waals surface area contributed by atoms with Gasteiger partial charge in [-0.3, -0.25) is 4.98 Å². The first-order chi connectivity index (χ1) is 16.3. The highest BCUT2D eigenvalue weighted by Crippen LogP contribution is 2.32. The summed E-state index contributed by atoms with van der Waals surface area (Å²) in [5.74, 6) is -2.35. The molecule has 0 atom stereocenters. The van der Waals surface area contributed by atoms with E-state index in [9.17, 15) is 21.6 Å². The molecule has 1 fully saturated rings. The predicted octanol–water partition coefficient (Wildman–Crippen LogP) is 2.90. The van der Waals surface area contributed by atoms with Crippen molar-refractivity contribution in [3.05, 3.63) is 66.6 Å². The second-order valence-electron chi connectivity index (χ2n) is 7.99. The fourth-order valence-corrected chi connectivity index (χ4v) is 5.37. The van der Waals surface area contributed by atoms with E-state index in [1.54, 1.807) is 4.90 Å². The summed E-state index contributed by atoms with van der Waals surface area (Å²) in [4.78, 5) is 15.0. The van der Waals surface area contributed by atoms with Crippen LogP contribution in [0.2, 0.25) is 0 Å². The summed E-state index contributed by atoms with van der Waals surface area (Å²) in [5.41, 5.74) is 0.311. The van der Waals surface area contributed by atoms with Crippen LogP contribution < -0.4 is 4.90 Å². The molecule has 4 heterocycles. The Kier molecular flexibility index (Phi) is 5.48. The second-order valence-corrected chi connectivity index (χ2v) is 9.80. The Balaban J connectivity index is 1.56. The number of anilines is 1. The summed E-state index contributed by atoms with van der Waals surface area (Å²) in [6.45, 7) is 2.14. The lowest BCUT2D eigenvalue weighted by Gasteiger charge is -2.34. The van der Waals surface area contributed by atoms with Crippen molar-refractivity contribution >= 4 is 26.6 Å². The van der Waals surface area contributed by atoms with Gasteiger partial charge in [-0.2, -0.15) is 0 Å². The quantitative estimate of drug-likeness (QED) is 0.437. The van der Waals surface area contributed by atoms with E-state index in [-0.39, 0.29) is 17.0 Å². The summed E-state index contributed by atoms with van der Waals surface area (Å²) < 4.78 is 70.7. The van der Waals surface area contributed by atoms with E-state index in [4.69, 9.17) is 0 Å². The molecular formula is C22H19F3N6O2S. The molecule has 0 spiro atoms. The number of aromatic nitrogens is 4. The highest BCUT2D eigenvalue weighted by atomic mass is 32.2. The Bertz CT molecular complexity index is 1460. The Morgan fingerprint density at radius 1 is 0.912 bits per heavy atom. The molecule has 1 aliphatic heterocycles. The van der Waals surface area contributed by atoms with Crippen molar-refractivity contribution in [2.45, 2.75) is 4.90 Å². The van der Waals surface area contributed by atoms with E-state index >= 15 is 0 Å². The van der Waals surface area contributed by atoms with Crippen LogP contribution in [0.25, 0.3) is 22.3 Å². The van der Waals surface area contributed by atoms with Crippen LogP contribution in [0.4, 0.5) is 18.9 Å². The Labute approximate surface area is 193 Å². The number of nitrogens with zero attached hydrogens (tertiary/aromatic N) is 6. The largest absolute Gasteiger partial charge is 0.364 e. The average Bonchev–Trinajstić information content (AvgIpc) is 3.26. The summed E-state index contributed by atoms with van der Waals surface area (Å²) in [7, 11) is -2.44. The van der Waals surface area contributed by atoms with Crippen molar-refractivity contribution in [2.24, 2.45) is 0 Å². The molecule has 1 saturated heterocycles. The molecular weight excluding hydrogens is 469 g/mol. The maximum absolute atomic E-state index is 15.0. The van der Waals surface area contributed by atoms with E-state index in [1.807, 2.05) is 11.9 Å². The third-order valence-electron chi connectivity index (χ3n) is 5.81. The van der Waals surface area contributed by atoms with Crippen molar-refractivity contribution in [3.8, 4) is 11.4 Å². The van der Waals surface area contributed by atoms with Crippen molar-refractivity contribution in [1.82, 2.24) is 23.8 Å². The van der Waals surface area contributed by atoms with Gasteiger partial charge in [-0.05, 0) is 25.2 Å². The lowest BCUT2D eigenvalue weighted by Crippen LogP contribution is -2.45. The van der Waals surface area contributed by atoms with Gasteiger partial charge < -0.3 is 9.80 Å². The fraction of sp³-hybridized carbons (Fsp3) is 0.227. The molecule has 0 N–H and O–H groups in total. The number of rotatable bonds is 4. The highest BCUT2D eigenvalue weighted by Gasteiger charge is 2.27. The number of likely N-dealkylation sites (N-methyl/N-ethyl adjacent to an activating group) is 1. The monoisotopic (exact) mass is 488 g/mol. The molecule has 0 amide bonds. The van der Waals surface area contributed by atoms with Crippen LogP contribution in [0.5, 0.6) is 0 Å². The first-order valence-electron chi connectivity index (χ1n) is 10.4. The molecule has 12 heteroatoms.